The molecule has 2 saturated heterocycles. The normalized spacial score (nSPS) is 25.1. The fourth-order valence-electron chi connectivity index (χ4n) is 4.10. The molecule has 0 aliphatic carbocycles. The number of ether oxygens (including phenoxy) is 5. The van der Waals surface area contributed by atoms with E-state index in [0.29, 0.717) is 18.0 Å². The molecule has 2 aromatic carbocycles. The van der Waals surface area contributed by atoms with Crippen LogP contribution in [-0.4, -0.2) is 50.1 Å². The number of carbonyl (C=O) groups is 1. The third-order valence-electron chi connectivity index (χ3n) is 5.63. The van der Waals surface area contributed by atoms with E-state index in [4.69, 9.17) is 23.7 Å². The standard InChI is InChI=1S/C22H23NO6/c1-25-15-5-7-16(8-6-15)29-21-20(14-4-9-18-19(11-14)28-13-27-18)23(22(21)24)12-17-3-2-10-26-17/h4-9,11,17,20-21H,2-3,10,12-13H2,1H3. The largest absolute Gasteiger partial charge is 0.497 e. The molecule has 0 bridgehead atoms. The van der Waals surface area contributed by atoms with Gasteiger partial charge >= 0.3 is 0 Å². The van der Waals surface area contributed by atoms with Crippen LogP contribution >= 0.6 is 0 Å². The zero-order valence-electron chi connectivity index (χ0n) is 16.2. The van der Waals surface area contributed by atoms with Crippen molar-refractivity contribution in [2.45, 2.75) is 31.1 Å². The number of β-lactam (4-membered cyclic amide) rings is 1. The minimum Gasteiger partial charge on any atom is -0.497 e. The summed E-state index contributed by atoms with van der Waals surface area (Å²) in [6.07, 6.45) is 1.50. The Morgan fingerprint density at radius 1 is 1.07 bits per heavy atom. The van der Waals surface area contributed by atoms with Crippen LogP contribution in [0.1, 0.15) is 24.4 Å². The van der Waals surface area contributed by atoms with Gasteiger partial charge in [-0.15, -0.1) is 0 Å². The van der Waals surface area contributed by atoms with Crippen LogP contribution in [0.2, 0.25) is 0 Å². The number of likely N-dealkylation sites (tertiary alicyclic amines) is 1. The minimum atomic E-state index is -0.592. The van der Waals surface area contributed by atoms with E-state index >= 15 is 0 Å². The van der Waals surface area contributed by atoms with Crippen molar-refractivity contribution in [3.63, 3.8) is 0 Å². The molecule has 0 N–H and O–H groups in total. The third kappa shape index (κ3) is 3.35. The van der Waals surface area contributed by atoms with E-state index in [-0.39, 0.29) is 24.8 Å². The second kappa shape index (κ2) is 7.48. The first kappa shape index (κ1) is 18.1. The second-order valence-corrected chi connectivity index (χ2v) is 7.40. The maximum absolute atomic E-state index is 13.0. The Kier molecular flexibility index (Phi) is 4.67. The molecular weight excluding hydrogens is 374 g/mol. The van der Waals surface area contributed by atoms with Gasteiger partial charge in [0.1, 0.15) is 17.5 Å². The van der Waals surface area contributed by atoms with E-state index in [1.165, 1.54) is 0 Å². The van der Waals surface area contributed by atoms with Gasteiger partial charge in [-0.1, -0.05) is 6.07 Å². The van der Waals surface area contributed by atoms with E-state index in [2.05, 4.69) is 0 Å². The Hall–Kier alpha value is -2.93. The molecule has 3 aliphatic rings. The molecule has 152 valence electrons. The number of methoxy groups -OCH3 is 1. The zero-order chi connectivity index (χ0) is 19.8. The summed E-state index contributed by atoms with van der Waals surface area (Å²) in [6, 6.07) is 12.8. The molecule has 0 spiro atoms. The summed E-state index contributed by atoms with van der Waals surface area (Å²) in [5, 5.41) is 0. The topological polar surface area (TPSA) is 66.5 Å². The molecule has 2 fully saturated rings. The molecule has 0 aromatic heterocycles. The second-order valence-electron chi connectivity index (χ2n) is 7.40. The van der Waals surface area contributed by atoms with Crippen molar-refractivity contribution in [2.24, 2.45) is 0 Å². The Bertz CT molecular complexity index is 893. The maximum atomic E-state index is 13.0. The van der Waals surface area contributed by atoms with E-state index < -0.39 is 6.10 Å². The lowest BCUT2D eigenvalue weighted by Gasteiger charge is -2.47. The Morgan fingerprint density at radius 3 is 2.62 bits per heavy atom. The Morgan fingerprint density at radius 2 is 1.86 bits per heavy atom. The molecule has 1 amide bonds. The van der Waals surface area contributed by atoms with Crippen molar-refractivity contribution in [1.82, 2.24) is 4.90 Å². The summed E-state index contributed by atoms with van der Waals surface area (Å²) < 4.78 is 28.0. The number of benzene rings is 2. The van der Waals surface area contributed by atoms with Crippen molar-refractivity contribution < 1.29 is 28.5 Å². The van der Waals surface area contributed by atoms with Crippen molar-refractivity contribution in [2.75, 3.05) is 27.1 Å². The first-order valence-corrected chi connectivity index (χ1v) is 9.85. The summed E-state index contributed by atoms with van der Waals surface area (Å²) in [5.74, 6) is 2.76. The predicted octanol–water partition coefficient (Wildman–Crippen LogP) is 2.93. The fraction of sp³-hybridized carbons (Fsp3) is 0.409. The van der Waals surface area contributed by atoms with Crippen LogP contribution in [0.25, 0.3) is 0 Å². The van der Waals surface area contributed by atoms with Gasteiger partial charge in [-0.05, 0) is 54.8 Å². The van der Waals surface area contributed by atoms with Crippen molar-refractivity contribution in [3.8, 4) is 23.0 Å². The molecule has 3 aliphatic heterocycles. The van der Waals surface area contributed by atoms with Gasteiger partial charge in [-0.3, -0.25) is 4.79 Å². The lowest BCUT2D eigenvalue weighted by Crippen LogP contribution is -2.62. The number of nitrogens with zero attached hydrogens (tertiary/aromatic N) is 1. The van der Waals surface area contributed by atoms with Crippen LogP contribution in [-0.2, 0) is 9.53 Å². The van der Waals surface area contributed by atoms with Crippen molar-refractivity contribution >= 4 is 5.91 Å². The smallest absolute Gasteiger partial charge is 0.266 e. The molecule has 3 heterocycles. The van der Waals surface area contributed by atoms with Crippen LogP contribution in [0, 0.1) is 0 Å². The van der Waals surface area contributed by atoms with E-state index in [1.807, 2.05) is 47.4 Å². The molecule has 7 nitrogen and oxygen atoms in total. The number of fused-ring (bicyclic) bond motifs is 1. The molecule has 29 heavy (non-hydrogen) atoms. The summed E-state index contributed by atoms with van der Waals surface area (Å²) in [4.78, 5) is 14.8. The average molecular weight is 397 g/mol. The Balaban J connectivity index is 1.40. The molecule has 0 radical (unpaired) electrons. The number of amides is 1. The molecule has 7 heteroatoms. The lowest BCUT2D eigenvalue weighted by atomic mass is 9.89. The first-order valence-electron chi connectivity index (χ1n) is 9.85. The third-order valence-corrected chi connectivity index (χ3v) is 5.63. The summed E-state index contributed by atoms with van der Waals surface area (Å²) in [5.41, 5.74) is 0.963. The van der Waals surface area contributed by atoms with Gasteiger partial charge in [0.2, 0.25) is 12.9 Å². The van der Waals surface area contributed by atoms with E-state index in [9.17, 15) is 4.79 Å². The lowest BCUT2D eigenvalue weighted by molar-refractivity contribution is -0.167. The molecule has 2 aromatic rings. The number of hydrogen-bond acceptors (Lipinski definition) is 6. The van der Waals surface area contributed by atoms with Crippen LogP contribution in [0.5, 0.6) is 23.0 Å². The van der Waals surface area contributed by atoms with Crippen LogP contribution in [0.4, 0.5) is 0 Å². The maximum Gasteiger partial charge on any atom is 0.266 e. The highest BCUT2D eigenvalue weighted by Gasteiger charge is 2.51. The highest BCUT2D eigenvalue weighted by atomic mass is 16.7. The quantitative estimate of drug-likeness (QED) is 0.699. The highest BCUT2D eigenvalue weighted by Crippen LogP contribution is 2.42. The first-order chi connectivity index (χ1) is 14.2. The van der Waals surface area contributed by atoms with E-state index in [1.54, 1.807) is 7.11 Å². The molecule has 5 rings (SSSR count). The molecule has 3 atom stereocenters. The van der Waals surface area contributed by atoms with Gasteiger partial charge in [0.25, 0.3) is 5.91 Å². The predicted molar refractivity (Wildman–Crippen MR) is 103 cm³/mol. The summed E-state index contributed by atoms with van der Waals surface area (Å²) in [6.45, 7) is 1.54. The number of carbonyl (C=O) groups excluding carboxylic acids is 1. The van der Waals surface area contributed by atoms with Gasteiger partial charge in [0.15, 0.2) is 11.5 Å². The molecular formula is C22H23NO6. The van der Waals surface area contributed by atoms with Crippen molar-refractivity contribution in [3.05, 3.63) is 48.0 Å². The van der Waals surface area contributed by atoms with Gasteiger partial charge < -0.3 is 28.6 Å². The summed E-state index contributed by atoms with van der Waals surface area (Å²) >= 11 is 0. The number of hydrogen-bond donors (Lipinski definition) is 0. The molecule has 0 saturated carbocycles. The van der Waals surface area contributed by atoms with Crippen LogP contribution in [0.15, 0.2) is 42.5 Å². The highest BCUT2D eigenvalue weighted by molar-refractivity contribution is 5.89. The Labute approximate surface area is 169 Å². The SMILES string of the molecule is COc1ccc(OC2C(=O)N(CC3CCCO3)C2c2ccc3c(c2)OCO3)cc1. The van der Waals surface area contributed by atoms with Gasteiger partial charge in [0.05, 0.1) is 13.2 Å². The minimum absolute atomic E-state index is 0.0287. The van der Waals surface area contributed by atoms with Gasteiger partial charge in [-0.25, -0.2) is 0 Å². The van der Waals surface area contributed by atoms with Gasteiger partial charge in [0, 0.05) is 13.2 Å². The fourth-order valence-corrected chi connectivity index (χ4v) is 4.10. The van der Waals surface area contributed by atoms with Crippen LogP contribution in [0.3, 0.4) is 0 Å². The number of rotatable bonds is 6. The van der Waals surface area contributed by atoms with Crippen molar-refractivity contribution in [1.29, 1.82) is 0 Å². The van der Waals surface area contributed by atoms with E-state index in [0.717, 1.165) is 36.5 Å². The van der Waals surface area contributed by atoms with Crippen LogP contribution < -0.4 is 18.9 Å². The van der Waals surface area contributed by atoms with Gasteiger partial charge in [-0.2, -0.15) is 0 Å². The monoisotopic (exact) mass is 397 g/mol. The average Bonchev–Trinajstić information content (AvgIpc) is 3.44. The zero-order valence-corrected chi connectivity index (χ0v) is 16.2. The summed E-state index contributed by atoms with van der Waals surface area (Å²) in [7, 11) is 1.62. The molecule has 3 unspecified atom stereocenters.